The zero-order valence-electron chi connectivity index (χ0n) is 14.6. The number of ether oxygens (including phenoxy) is 1. The molecule has 0 bridgehead atoms. The summed E-state index contributed by atoms with van der Waals surface area (Å²) >= 11 is 0. The Morgan fingerprint density at radius 2 is 1.83 bits per heavy atom. The van der Waals surface area contributed by atoms with E-state index in [1.807, 2.05) is 4.90 Å². The molecule has 1 N–H and O–H groups in total. The van der Waals surface area contributed by atoms with Crippen molar-refractivity contribution in [1.82, 2.24) is 15.1 Å². The number of carbonyl (C=O) groups is 1. The minimum atomic E-state index is 0. The molecule has 23 heavy (non-hydrogen) atoms. The molecule has 1 amide bonds. The van der Waals surface area contributed by atoms with Gasteiger partial charge in [-0.05, 0) is 26.7 Å². The van der Waals surface area contributed by atoms with E-state index in [-0.39, 0.29) is 36.1 Å². The van der Waals surface area contributed by atoms with E-state index in [4.69, 9.17) is 4.74 Å². The Balaban J connectivity index is 0.00000192. The number of nitrogens with one attached hydrogen (secondary N) is 1. The maximum atomic E-state index is 12.8. The molecule has 0 aromatic heterocycles. The first-order valence-corrected chi connectivity index (χ1v) is 8.98. The van der Waals surface area contributed by atoms with Gasteiger partial charge in [0.2, 0.25) is 5.91 Å². The number of morpholine rings is 1. The molecule has 3 fully saturated rings. The molecule has 2 aliphatic heterocycles. The number of rotatable bonds is 2. The van der Waals surface area contributed by atoms with Crippen molar-refractivity contribution in [3.05, 3.63) is 0 Å². The first kappa shape index (κ1) is 19.0. The number of amides is 1. The van der Waals surface area contributed by atoms with Crippen molar-refractivity contribution < 1.29 is 9.53 Å². The van der Waals surface area contributed by atoms with E-state index in [0.29, 0.717) is 6.54 Å². The van der Waals surface area contributed by atoms with Crippen molar-refractivity contribution in [3.63, 3.8) is 0 Å². The van der Waals surface area contributed by atoms with E-state index in [1.165, 1.54) is 32.1 Å². The largest absolute Gasteiger partial charge is 0.372 e. The van der Waals surface area contributed by atoms with Gasteiger partial charge < -0.3 is 15.0 Å². The first-order valence-electron chi connectivity index (χ1n) is 8.98. The third-order valence-electron chi connectivity index (χ3n) is 5.57. The second-order valence-electron chi connectivity index (χ2n) is 7.44. The van der Waals surface area contributed by atoms with Crippen LogP contribution in [0.4, 0.5) is 0 Å². The molecule has 134 valence electrons. The van der Waals surface area contributed by atoms with E-state index in [9.17, 15) is 4.79 Å². The summed E-state index contributed by atoms with van der Waals surface area (Å²) in [5, 5.41) is 3.56. The second-order valence-corrected chi connectivity index (χ2v) is 7.44. The van der Waals surface area contributed by atoms with Gasteiger partial charge in [0.05, 0.1) is 18.8 Å². The van der Waals surface area contributed by atoms with Crippen molar-refractivity contribution >= 4 is 18.3 Å². The predicted molar refractivity (Wildman–Crippen MR) is 94.1 cm³/mol. The first-order chi connectivity index (χ1) is 10.6. The Hall–Kier alpha value is -0.360. The van der Waals surface area contributed by atoms with E-state index in [1.54, 1.807) is 0 Å². The highest BCUT2D eigenvalue weighted by Gasteiger charge is 2.41. The summed E-state index contributed by atoms with van der Waals surface area (Å²) in [5.74, 6) is 0.286. The Morgan fingerprint density at radius 3 is 2.48 bits per heavy atom. The van der Waals surface area contributed by atoms with Crippen LogP contribution in [-0.4, -0.2) is 72.7 Å². The fourth-order valence-corrected chi connectivity index (χ4v) is 4.48. The highest BCUT2D eigenvalue weighted by molar-refractivity contribution is 5.85. The summed E-state index contributed by atoms with van der Waals surface area (Å²) in [5.41, 5.74) is 0.232. The molecule has 0 radical (unpaired) electrons. The number of piperazine rings is 1. The number of halogens is 1. The third kappa shape index (κ3) is 4.38. The van der Waals surface area contributed by atoms with Crippen LogP contribution >= 0.6 is 12.4 Å². The fourth-order valence-electron chi connectivity index (χ4n) is 4.48. The van der Waals surface area contributed by atoms with Crippen molar-refractivity contribution in [3.8, 4) is 0 Å². The fraction of sp³-hybridized carbons (Fsp3) is 0.941. The topological polar surface area (TPSA) is 44.8 Å². The number of hydrogen-bond donors (Lipinski definition) is 1. The van der Waals surface area contributed by atoms with Gasteiger partial charge in [-0.25, -0.2) is 0 Å². The average Bonchev–Trinajstić information content (AvgIpc) is 2.49. The maximum Gasteiger partial charge on any atom is 0.236 e. The lowest BCUT2D eigenvalue weighted by molar-refractivity contribution is -0.146. The lowest BCUT2D eigenvalue weighted by Gasteiger charge is -2.50. The van der Waals surface area contributed by atoms with Crippen LogP contribution in [0.1, 0.15) is 46.0 Å². The molecule has 2 heterocycles. The molecule has 1 spiro atoms. The molecule has 3 rings (SSSR count). The van der Waals surface area contributed by atoms with Crippen LogP contribution in [0, 0.1) is 0 Å². The van der Waals surface area contributed by atoms with Crippen molar-refractivity contribution in [1.29, 1.82) is 0 Å². The lowest BCUT2D eigenvalue weighted by atomic mass is 9.79. The number of carbonyl (C=O) groups excluding carboxylic acids is 1. The van der Waals surface area contributed by atoms with Crippen molar-refractivity contribution in [2.24, 2.45) is 0 Å². The van der Waals surface area contributed by atoms with Crippen LogP contribution in [-0.2, 0) is 9.53 Å². The van der Waals surface area contributed by atoms with E-state index < -0.39 is 0 Å². The highest BCUT2D eigenvalue weighted by Crippen LogP contribution is 2.34. The van der Waals surface area contributed by atoms with E-state index >= 15 is 0 Å². The van der Waals surface area contributed by atoms with Crippen LogP contribution in [0.25, 0.3) is 0 Å². The molecule has 0 aromatic rings. The molecule has 2 saturated heterocycles. The molecular formula is C17H32ClN3O2. The van der Waals surface area contributed by atoms with Crippen LogP contribution in [0.2, 0.25) is 0 Å². The number of hydrogen-bond acceptors (Lipinski definition) is 4. The van der Waals surface area contributed by atoms with E-state index in [2.05, 4.69) is 24.1 Å². The smallest absolute Gasteiger partial charge is 0.236 e. The van der Waals surface area contributed by atoms with Gasteiger partial charge in [0.15, 0.2) is 0 Å². The van der Waals surface area contributed by atoms with Crippen molar-refractivity contribution in [2.45, 2.75) is 63.7 Å². The SMILES string of the molecule is CC1CN(C(=O)CN2CCNCC23CCCCC3)CC(C)O1.Cl. The molecule has 3 aliphatic rings. The summed E-state index contributed by atoms with van der Waals surface area (Å²) in [4.78, 5) is 17.3. The Morgan fingerprint density at radius 1 is 1.17 bits per heavy atom. The quantitative estimate of drug-likeness (QED) is 0.826. The van der Waals surface area contributed by atoms with Crippen LogP contribution in [0.5, 0.6) is 0 Å². The highest BCUT2D eigenvalue weighted by atomic mass is 35.5. The summed E-state index contributed by atoms with van der Waals surface area (Å²) in [6.45, 7) is 9.24. The van der Waals surface area contributed by atoms with Crippen LogP contribution < -0.4 is 5.32 Å². The molecular weight excluding hydrogens is 314 g/mol. The Labute approximate surface area is 146 Å². The van der Waals surface area contributed by atoms with Crippen LogP contribution in [0.15, 0.2) is 0 Å². The zero-order chi connectivity index (χ0) is 15.6. The van der Waals surface area contributed by atoms with Gasteiger partial charge in [-0.2, -0.15) is 0 Å². The Bertz CT molecular complexity index is 383. The normalized spacial score (nSPS) is 31.7. The number of nitrogens with zero attached hydrogens (tertiary/aromatic N) is 2. The molecule has 0 aromatic carbocycles. The summed E-state index contributed by atoms with van der Waals surface area (Å²) in [7, 11) is 0. The van der Waals surface area contributed by atoms with Crippen molar-refractivity contribution in [2.75, 3.05) is 39.3 Å². The van der Waals surface area contributed by atoms with E-state index in [0.717, 1.165) is 32.7 Å². The Kier molecular flexibility index (Phi) is 6.72. The standard InChI is InChI=1S/C17H31N3O2.ClH/c1-14-10-19(11-15(2)22-14)16(21)12-20-9-8-18-13-17(20)6-4-3-5-7-17;/h14-15,18H,3-13H2,1-2H3;1H. The van der Waals surface area contributed by atoms with Gasteiger partial charge >= 0.3 is 0 Å². The minimum absolute atomic E-state index is 0. The predicted octanol–water partition coefficient (Wildman–Crippen LogP) is 1.65. The lowest BCUT2D eigenvalue weighted by Crippen LogP contribution is -2.64. The molecule has 1 aliphatic carbocycles. The molecule has 6 heteroatoms. The van der Waals surface area contributed by atoms with Gasteiger partial charge in [0, 0.05) is 38.3 Å². The maximum absolute atomic E-state index is 12.8. The average molecular weight is 346 g/mol. The van der Waals surface area contributed by atoms with Gasteiger partial charge in [-0.3, -0.25) is 9.69 Å². The van der Waals surface area contributed by atoms with Gasteiger partial charge in [-0.15, -0.1) is 12.4 Å². The molecule has 2 atom stereocenters. The van der Waals surface area contributed by atoms with Gasteiger partial charge in [0.1, 0.15) is 0 Å². The monoisotopic (exact) mass is 345 g/mol. The van der Waals surface area contributed by atoms with Crippen LogP contribution in [0.3, 0.4) is 0 Å². The third-order valence-corrected chi connectivity index (χ3v) is 5.57. The summed E-state index contributed by atoms with van der Waals surface area (Å²) < 4.78 is 5.75. The molecule has 1 saturated carbocycles. The minimum Gasteiger partial charge on any atom is -0.372 e. The second kappa shape index (κ2) is 8.15. The molecule has 5 nitrogen and oxygen atoms in total. The molecule has 2 unspecified atom stereocenters. The van der Waals surface area contributed by atoms with Gasteiger partial charge in [-0.1, -0.05) is 19.3 Å². The zero-order valence-corrected chi connectivity index (χ0v) is 15.4. The summed E-state index contributed by atoms with van der Waals surface area (Å²) in [6.07, 6.45) is 6.74. The summed E-state index contributed by atoms with van der Waals surface area (Å²) in [6, 6.07) is 0. The van der Waals surface area contributed by atoms with Gasteiger partial charge in [0.25, 0.3) is 0 Å².